The van der Waals surface area contributed by atoms with Gasteiger partial charge in [0.25, 0.3) is 5.56 Å². The Morgan fingerprint density at radius 3 is 2.77 bits per heavy atom. The number of nitrogens with zero attached hydrogens (tertiary/aromatic N) is 5. The average Bonchev–Trinajstić information content (AvgIpc) is 3.40. The molecule has 160 valence electrons. The fraction of sp³-hybridized carbons (Fsp3) is 0.571. The van der Waals surface area contributed by atoms with Crippen LogP contribution in [0.5, 0.6) is 0 Å². The topological polar surface area (TPSA) is 107 Å². The van der Waals surface area contributed by atoms with E-state index in [1.54, 1.807) is 0 Å². The van der Waals surface area contributed by atoms with Crippen LogP contribution in [0.1, 0.15) is 39.2 Å². The molecule has 0 aromatic carbocycles. The number of rotatable bonds is 3. The predicted octanol–water partition coefficient (Wildman–Crippen LogP) is 2.30. The molecule has 0 spiro atoms. The van der Waals surface area contributed by atoms with Crippen LogP contribution in [0.15, 0.2) is 17.1 Å². The lowest BCUT2D eigenvalue weighted by Gasteiger charge is -2.29. The maximum Gasteiger partial charge on any atom is 0.264 e. The molecule has 0 amide bonds. The van der Waals surface area contributed by atoms with Crippen molar-refractivity contribution in [2.24, 2.45) is 12.5 Å². The molecule has 1 saturated heterocycles. The second-order valence-corrected chi connectivity index (χ2v) is 9.12. The number of fused-ring (bicyclic) bond motifs is 1. The zero-order valence-corrected chi connectivity index (χ0v) is 17.8. The van der Waals surface area contributed by atoms with Crippen LogP contribution in [0.25, 0.3) is 22.2 Å². The molecule has 30 heavy (non-hydrogen) atoms. The predicted molar refractivity (Wildman–Crippen MR) is 117 cm³/mol. The summed E-state index contributed by atoms with van der Waals surface area (Å²) in [5.74, 6) is 1.28. The summed E-state index contributed by atoms with van der Waals surface area (Å²) in [7, 11) is 1.95. The summed E-state index contributed by atoms with van der Waals surface area (Å²) in [6.45, 7) is 7.56. The van der Waals surface area contributed by atoms with E-state index in [1.807, 2.05) is 22.5 Å². The number of morpholine rings is 1. The Hall–Kier alpha value is -2.81. The van der Waals surface area contributed by atoms with Gasteiger partial charge in [-0.1, -0.05) is 20.3 Å². The minimum atomic E-state index is -0.0793. The van der Waals surface area contributed by atoms with Crippen molar-refractivity contribution in [3.05, 3.63) is 22.6 Å². The van der Waals surface area contributed by atoms with Crippen LogP contribution in [0, 0.1) is 5.41 Å². The number of hydrogen-bond donors (Lipinski definition) is 2. The van der Waals surface area contributed by atoms with Crippen LogP contribution in [0.4, 0.5) is 11.6 Å². The lowest BCUT2D eigenvalue weighted by atomic mass is 9.87. The van der Waals surface area contributed by atoms with Gasteiger partial charge in [-0.15, -0.1) is 0 Å². The molecule has 2 fully saturated rings. The standard InChI is InChI=1S/C21H29N7O2/c1-21(2)6-4-5-15(21)28-12-13(18-17(20(28)29)19(22)24-23-18)14-11-16(26(3)25-14)27-7-9-30-10-8-27/h11-12,15H,4-10H2,1-3H3,(H3,22,23,24). The molecule has 9 nitrogen and oxygen atoms in total. The molecular weight excluding hydrogens is 382 g/mol. The van der Waals surface area contributed by atoms with Crippen molar-refractivity contribution in [1.82, 2.24) is 24.5 Å². The van der Waals surface area contributed by atoms with Crippen LogP contribution in [0.3, 0.4) is 0 Å². The van der Waals surface area contributed by atoms with E-state index in [1.165, 1.54) is 0 Å². The van der Waals surface area contributed by atoms with E-state index < -0.39 is 0 Å². The fourth-order valence-corrected chi connectivity index (χ4v) is 5.09. The number of nitrogen functional groups attached to an aromatic ring is 1. The number of hydrogen-bond acceptors (Lipinski definition) is 6. The molecule has 2 aliphatic rings. The second kappa shape index (κ2) is 6.87. The van der Waals surface area contributed by atoms with Gasteiger partial charge in [0.05, 0.1) is 24.4 Å². The van der Waals surface area contributed by atoms with Crippen molar-refractivity contribution in [2.45, 2.75) is 39.2 Å². The number of nitrogens with two attached hydrogens (primary N) is 1. The molecule has 3 aromatic rings. The first-order valence-electron chi connectivity index (χ1n) is 10.6. The van der Waals surface area contributed by atoms with E-state index in [4.69, 9.17) is 15.6 Å². The zero-order valence-electron chi connectivity index (χ0n) is 17.8. The van der Waals surface area contributed by atoms with E-state index in [0.717, 1.165) is 49.4 Å². The SMILES string of the molecule is Cn1nc(-c2cn(C3CCCC3(C)C)c(=O)c3c(N)n[nH]c23)cc1N1CCOCC1. The first-order chi connectivity index (χ1) is 14.4. The Balaban J connectivity index is 1.68. The molecule has 5 rings (SSSR count). The van der Waals surface area contributed by atoms with E-state index in [2.05, 4.69) is 35.0 Å². The zero-order chi connectivity index (χ0) is 21.0. The number of aromatic amines is 1. The number of pyridine rings is 1. The third-order valence-electron chi connectivity index (χ3n) is 6.78. The van der Waals surface area contributed by atoms with Crippen molar-refractivity contribution in [3.8, 4) is 11.3 Å². The summed E-state index contributed by atoms with van der Waals surface area (Å²) in [5.41, 5.74) is 8.39. The summed E-state index contributed by atoms with van der Waals surface area (Å²) in [4.78, 5) is 15.6. The van der Waals surface area contributed by atoms with E-state index in [0.29, 0.717) is 24.1 Å². The van der Waals surface area contributed by atoms with Crippen molar-refractivity contribution in [1.29, 1.82) is 0 Å². The van der Waals surface area contributed by atoms with Gasteiger partial charge in [-0.3, -0.25) is 14.6 Å². The average molecular weight is 412 g/mol. The van der Waals surface area contributed by atoms with Crippen LogP contribution in [-0.2, 0) is 11.8 Å². The van der Waals surface area contributed by atoms with Gasteiger partial charge in [-0.25, -0.2) is 0 Å². The normalized spacial score (nSPS) is 21.6. The van der Waals surface area contributed by atoms with Crippen LogP contribution < -0.4 is 16.2 Å². The highest BCUT2D eigenvalue weighted by molar-refractivity contribution is 5.97. The van der Waals surface area contributed by atoms with Gasteiger partial charge in [-0.2, -0.15) is 10.2 Å². The van der Waals surface area contributed by atoms with Gasteiger partial charge in [0.2, 0.25) is 0 Å². The van der Waals surface area contributed by atoms with Gasteiger partial charge < -0.3 is 19.9 Å². The monoisotopic (exact) mass is 411 g/mol. The lowest BCUT2D eigenvalue weighted by molar-refractivity contribution is 0.122. The molecule has 0 radical (unpaired) electrons. The molecular formula is C21H29N7O2. The molecule has 1 atom stereocenters. The van der Waals surface area contributed by atoms with Crippen LogP contribution >= 0.6 is 0 Å². The fourth-order valence-electron chi connectivity index (χ4n) is 5.09. The highest BCUT2D eigenvalue weighted by atomic mass is 16.5. The molecule has 1 aliphatic carbocycles. The highest BCUT2D eigenvalue weighted by Crippen LogP contribution is 2.46. The van der Waals surface area contributed by atoms with Gasteiger partial charge in [0.15, 0.2) is 5.82 Å². The van der Waals surface area contributed by atoms with Crippen molar-refractivity contribution in [2.75, 3.05) is 36.9 Å². The Labute approximate surface area is 174 Å². The third kappa shape index (κ3) is 2.91. The molecule has 1 saturated carbocycles. The molecule has 4 heterocycles. The maximum absolute atomic E-state index is 13.4. The van der Waals surface area contributed by atoms with E-state index in [9.17, 15) is 4.79 Å². The maximum atomic E-state index is 13.4. The number of H-pyrrole nitrogens is 1. The molecule has 1 unspecified atom stereocenters. The minimum absolute atomic E-state index is 0.0519. The summed E-state index contributed by atoms with van der Waals surface area (Å²) in [6, 6.07) is 2.20. The third-order valence-corrected chi connectivity index (χ3v) is 6.78. The van der Waals surface area contributed by atoms with Crippen molar-refractivity contribution in [3.63, 3.8) is 0 Å². The minimum Gasteiger partial charge on any atom is -0.382 e. The quantitative estimate of drug-likeness (QED) is 0.685. The smallest absolute Gasteiger partial charge is 0.264 e. The highest BCUT2D eigenvalue weighted by Gasteiger charge is 2.37. The summed E-state index contributed by atoms with van der Waals surface area (Å²) in [6.07, 6.45) is 5.15. The lowest BCUT2D eigenvalue weighted by Crippen LogP contribution is -2.37. The number of aromatic nitrogens is 5. The van der Waals surface area contributed by atoms with Gasteiger partial charge in [-0.05, 0) is 18.3 Å². The molecule has 9 heteroatoms. The Kier molecular flexibility index (Phi) is 4.39. The molecule has 3 aromatic heterocycles. The Morgan fingerprint density at radius 1 is 1.30 bits per heavy atom. The van der Waals surface area contributed by atoms with Crippen LogP contribution in [0.2, 0.25) is 0 Å². The van der Waals surface area contributed by atoms with Gasteiger partial charge in [0, 0.05) is 44.0 Å². The number of nitrogens with one attached hydrogen (secondary N) is 1. The molecule has 0 bridgehead atoms. The van der Waals surface area contributed by atoms with Gasteiger partial charge >= 0.3 is 0 Å². The van der Waals surface area contributed by atoms with Gasteiger partial charge in [0.1, 0.15) is 11.2 Å². The summed E-state index contributed by atoms with van der Waals surface area (Å²) >= 11 is 0. The Bertz CT molecular complexity index is 1150. The van der Waals surface area contributed by atoms with Crippen LogP contribution in [-0.4, -0.2) is 50.8 Å². The summed E-state index contributed by atoms with van der Waals surface area (Å²) in [5, 5.41) is 12.3. The molecule has 3 N–H and O–H groups in total. The molecule has 1 aliphatic heterocycles. The van der Waals surface area contributed by atoms with Crippen molar-refractivity contribution >= 4 is 22.5 Å². The second-order valence-electron chi connectivity index (χ2n) is 9.12. The van der Waals surface area contributed by atoms with Crippen molar-refractivity contribution < 1.29 is 4.74 Å². The number of anilines is 2. The largest absolute Gasteiger partial charge is 0.382 e. The summed E-state index contributed by atoms with van der Waals surface area (Å²) < 4.78 is 9.25. The van der Waals surface area contributed by atoms with E-state index >= 15 is 0 Å². The Morgan fingerprint density at radius 2 is 2.07 bits per heavy atom. The van der Waals surface area contributed by atoms with E-state index in [-0.39, 0.29) is 22.8 Å². The number of ether oxygens (including phenoxy) is 1. The first kappa shape index (κ1) is 19.2. The first-order valence-corrected chi connectivity index (χ1v) is 10.6. The number of aryl methyl sites for hydroxylation is 1.